The van der Waals surface area contributed by atoms with Crippen LogP contribution in [0.25, 0.3) is 6.08 Å². The van der Waals surface area contributed by atoms with Crippen LogP contribution in [0.4, 0.5) is 10.5 Å². The first-order chi connectivity index (χ1) is 14.3. The molecule has 1 heterocycles. The van der Waals surface area contributed by atoms with Crippen LogP contribution in [0.1, 0.15) is 16.7 Å². The van der Waals surface area contributed by atoms with Gasteiger partial charge in [0, 0.05) is 5.69 Å². The molecule has 8 heteroatoms. The zero-order chi connectivity index (χ0) is 21.8. The molecule has 1 N–H and O–H groups in total. The molecule has 0 spiro atoms. The van der Waals surface area contributed by atoms with Crippen molar-refractivity contribution >= 4 is 40.6 Å². The molecule has 0 bridgehead atoms. The molecule has 3 amide bonds. The van der Waals surface area contributed by atoms with Gasteiger partial charge in [0.25, 0.3) is 11.1 Å². The number of hydrogen-bond acceptors (Lipinski definition) is 6. The number of amides is 3. The fraction of sp³-hybridized carbons (Fsp3) is 0.227. The molecule has 7 nitrogen and oxygen atoms in total. The van der Waals surface area contributed by atoms with E-state index in [0.717, 1.165) is 27.8 Å². The molecule has 0 unspecified atom stereocenters. The van der Waals surface area contributed by atoms with E-state index in [1.807, 2.05) is 32.0 Å². The first kappa shape index (κ1) is 21.4. The third-order valence-electron chi connectivity index (χ3n) is 4.39. The Balaban J connectivity index is 1.73. The van der Waals surface area contributed by atoms with Gasteiger partial charge < -0.3 is 14.8 Å². The molecule has 0 atom stereocenters. The quantitative estimate of drug-likeness (QED) is 0.703. The molecule has 1 fully saturated rings. The first-order valence-corrected chi connectivity index (χ1v) is 9.98. The molecule has 156 valence electrons. The van der Waals surface area contributed by atoms with E-state index < -0.39 is 17.1 Å². The summed E-state index contributed by atoms with van der Waals surface area (Å²) in [5, 5.41) is 2.26. The van der Waals surface area contributed by atoms with Crippen LogP contribution >= 0.6 is 11.8 Å². The summed E-state index contributed by atoms with van der Waals surface area (Å²) in [4.78, 5) is 38.5. The van der Waals surface area contributed by atoms with Crippen molar-refractivity contribution in [3.63, 3.8) is 0 Å². The topological polar surface area (TPSA) is 84.9 Å². The van der Waals surface area contributed by atoms with E-state index in [2.05, 4.69) is 5.32 Å². The zero-order valence-corrected chi connectivity index (χ0v) is 18.0. The fourth-order valence-electron chi connectivity index (χ4n) is 3.12. The lowest BCUT2D eigenvalue weighted by Gasteiger charge is -2.13. The lowest BCUT2D eigenvalue weighted by molar-refractivity contribution is -0.127. The van der Waals surface area contributed by atoms with Gasteiger partial charge in [0.1, 0.15) is 6.54 Å². The molecule has 2 aromatic carbocycles. The van der Waals surface area contributed by atoms with Gasteiger partial charge in [-0.1, -0.05) is 12.1 Å². The second-order valence-electron chi connectivity index (χ2n) is 6.81. The average Bonchev–Trinajstić information content (AvgIpc) is 2.94. The molecule has 1 aliphatic rings. The number of benzene rings is 2. The standard InChI is InChI=1S/C22H22N2O5S/c1-13-7-14(2)9-16(8-13)23-20(25)12-24-21(26)19(30-22(24)27)11-15-5-6-17(28-3)18(10-15)29-4/h5-11H,12H2,1-4H3,(H,23,25)/b19-11+. The number of rotatable bonds is 6. The number of aryl methyl sites for hydroxylation is 2. The van der Waals surface area contributed by atoms with Gasteiger partial charge in [-0.05, 0) is 72.6 Å². The molecular weight excluding hydrogens is 404 g/mol. The Kier molecular flexibility index (Phi) is 6.47. The minimum Gasteiger partial charge on any atom is -0.493 e. The second-order valence-corrected chi connectivity index (χ2v) is 7.80. The number of nitrogens with one attached hydrogen (secondary N) is 1. The Bertz CT molecular complexity index is 1030. The third kappa shape index (κ3) is 4.83. The largest absolute Gasteiger partial charge is 0.493 e. The predicted molar refractivity (Wildman–Crippen MR) is 117 cm³/mol. The summed E-state index contributed by atoms with van der Waals surface area (Å²) in [7, 11) is 3.05. The highest BCUT2D eigenvalue weighted by Crippen LogP contribution is 2.34. The summed E-state index contributed by atoms with van der Waals surface area (Å²) in [6.45, 7) is 3.51. The lowest BCUT2D eigenvalue weighted by Crippen LogP contribution is -2.36. The van der Waals surface area contributed by atoms with Crippen molar-refractivity contribution in [2.24, 2.45) is 0 Å². The van der Waals surface area contributed by atoms with Gasteiger partial charge in [-0.2, -0.15) is 0 Å². The summed E-state index contributed by atoms with van der Waals surface area (Å²) < 4.78 is 10.5. The predicted octanol–water partition coefficient (Wildman–Crippen LogP) is 4.00. The first-order valence-electron chi connectivity index (χ1n) is 9.16. The van der Waals surface area contributed by atoms with Crippen molar-refractivity contribution in [3.05, 3.63) is 58.0 Å². The summed E-state index contributed by atoms with van der Waals surface area (Å²) in [6.07, 6.45) is 1.59. The second kappa shape index (κ2) is 9.04. The highest BCUT2D eigenvalue weighted by Gasteiger charge is 2.36. The number of nitrogens with zero attached hydrogens (tertiary/aromatic N) is 1. The average molecular weight is 426 g/mol. The maximum absolute atomic E-state index is 12.7. The maximum Gasteiger partial charge on any atom is 0.294 e. The number of imide groups is 1. The van der Waals surface area contributed by atoms with Gasteiger partial charge in [-0.15, -0.1) is 0 Å². The summed E-state index contributed by atoms with van der Waals surface area (Å²) in [5.41, 5.74) is 3.33. The van der Waals surface area contributed by atoms with Crippen LogP contribution in [0.15, 0.2) is 41.3 Å². The molecule has 1 saturated heterocycles. The van der Waals surface area contributed by atoms with Crippen LogP contribution in [0, 0.1) is 13.8 Å². The van der Waals surface area contributed by atoms with Crippen molar-refractivity contribution in [1.29, 1.82) is 0 Å². The van der Waals surface area contributed by atoms with Crippen LogP contribution in [0.3, 0.4) is 0 Å². The van der Waals surface area contributed by atoms with Crippen LogP contribution in [0.5, 0.6) is 11.5 Å². The van der Waals surface area contributed by atoms with Gasteiger partial charge in [-0.25, -0.2) is 0 Å². The van der Waals surface area contributed by atoms with E-state index in [-0.39, 0.29) is 11.4 Å². The molecule has 0 aliphatic carbocycles. The molecule has 0 radical (unpaired) electrons. The third-order valence-corrected chi connectivity index (χ3v) is 5.29. The monoisotopic (exact) mass is 426 g/mol. The number of ether oxygens (including phenoxy) is 2. The molecular formula is C22H22N2O5S. The maximum atomic E-state index is 12.7. The molecule has 0 aromatic heterocycles. The molecule has 0 saturated carbocycles. The van der Waals surface area contributed by atoms with Crippen LogP contribution < -0.4 is 14.8 Å². The Labute approximate surface area is 179 Å². The molecule has 2 aromatic rings. The van der Waals surface area contributed by atoms with Crippen molar-refractivity contribution in [1.82, 2.24) is 4.90 Å². The Morgan fingerprint density at radius 2 is 1.70 bits per heavy atom. The summed E-state index contributed by atoms with van der Waals surface area (Å²) in [5.74, 6) is 0.133. The van der Waals surface area contributed by atoms with Gasteiger partial charge >= 0.3 is 0 Å². The van der Waals surface area contributed by atoms with Gasteiger partial charge in [0.2, 0.25) is 5.91 Å². The van der Waals surface area contributed by atoms with Crippen molar-refractivity contribution in [2.75, 3.05) is 26.1 Å². The fourth-order valence-corrected chi connectivity index (χ4v) is 3.96. The van der Waals surface area contributed by atoms with Gasteiger partial charge in [0.15, 0.2) is 11.5 Å². The SMILES string of the molecule is COc1ccc(/C=C2/SC(=O)N(CC(=O)Nc3cc(C)cc(C)c3)C2=O)cc1OC. The van der Waals surface area contributed by atoms with Crippen LogP contribution in [-0.2, 0) is 9.59 Å². The number of methoxy groups -OCH3 is 2. The number of carbonyl (C=O) groups excluding carboxylic acids is 3. The van der Waals surface area contributed by atoms with Crippen molar-refractivity contribution in [2.45, 2.75) is 13.8 Å². The van der Waals surface area contributed by atoms with Crippen molar-refractivity contribution in [3.8, 4) is 11.5 Å². The Morgan fingerprint density at radius 3 is 2.33 bits per heavy atom. The summed E-state index contributed by atoms with van der Waals surface area (Å²) >= 11 is 0.800. The van der Waals surface area contributed by atoms with E-state index in [9.17, 15) is 14.4 Å². The van der Waals surface area contributed by atoms with Crippen molar-refractivity contribution < 1.29 is 23.9 Å². The smallest absolute Gasteiger partial charge is 0.294 e. The number of carbonyl (C=O) groups is 3. The normalized spacial score (nSPS) is 14.9. The Morgan fingerprint density at radius 1 is 1.03 bits per heavy atom. The van der Waals surface area contributed by atoms with Crippen LogP contribution in [0.2, 0.25) is 0 Å². The molecule has 3 rings (SSSR count). The van der Waals surface area contributed by atoms with Gasteiger partial charge in [0.05, 0.1) is 19.1 Å². The van der Waals surface area contributed by atoms with Crippen LogP contribution in [-0.4, -0.2) is 42.7 Å². The minimum atomic E-state index is -0.504. The van der Waals surface area contributed by atoms with E-state index >= 15 is 0 Å². The van der Waals surface area contributed by atoms with E-state index in [0.29, 0.717) is 22.7 Å². The van der Waals surface area contributed by atoms with E-state index in [1.54, 1.807) is 24.3 Å². The zero-order valence-electron chi connectivity index (χ0n) is 17.1. The molecule has 1 aliphatic heterocycles. The van der Waals surface area contributed by atoms with E-state index in [1.165, 1.54) is 14.2 Å². The lowest BCUT2D eigenvalue weighted by atomic mass is 10.1. The number of hydrogen-bond donors (Lipinski definition) is 1. The Hall–Kier alpha value is -3.26. The molecule has 30 heavy (non-hydrogen) atoms. The van der Waals surface area contributed by atoms with Gasteiger partial charge in [-0.3, -0.25) is 19.3 Å². The highest BCUT2D eigenvalue weighted by molar-refractivity contribution is 8.18. The minimum absolute atomic E-state index is 0.242. The summed E-state index contributed by atoms with van der Waals surface area (Å²) in [6, 6.07) is 10.8. The number of anilines is 1. The van der Waals surface area contributed by atoms with E-state index in [4.69, 9.17) is 9.47 Å². The highest BCUT2D eigenvalue weighted by atomic mass is 32.2. The number of thioether (sulfide) groups is 1.